The van der Waals surface area contributed by atoms with Gasteiger partial charge >= 0.3 is 5.97 Å². The Morgan fingerprint density at radius 3 is 2.57 bits per heavy atom. The maximum atomic E-state index is 13.0. The fourth-order valence-corrected chi connectivity index (χ4v) is 4.27. The van der Waals surface area contributed by atoms with Crippen molar-refractivity contribution in [3.8, 4) is 23.0 Å². The van der Waals surface area contributed by atoms with Crippen molar-refractivity contribution in [3.63, 3.8) is 0 Å². The van der Waals surface area contributed by atoms with Crippen LogP contribution in [0.4, 0.5) is 0 Å². The Morgan fingerprint density at radius 1 is 1.00 bits per heavy atom. The van der Waals surface area contributed by atoms with Crippen molar-refractivity contribution in [1.29, 1.82) is 0 Å². The van der Waals surface area contributed by atoms with Gasteiger partial charge in [-0.05, 0) is 48.2 Å². The number of carbonyl (C=O) groups is 2. The SMILES string of the molecule is CC(C)C[C@@H]1CC(=O)Oc2ccc3c(c21)O/C(=C\c1ccc2c(c1)OCCO2)C3=O. The summed E-state index contributed by atoms with van der Waals surface area (Å²) in [4.78, 5) is 25.1. The summed E-state index contributed by atoms with van der Waals surface area (Å²) in [6, 6.07) is 8.89. The van der Waals surface area contributed by atoms with Gasteiger partial charge in [0.25, 0.3) is 0 Å². The van der Waals surface area contributed by atoms with Crippen molar-refractivity contribution in [2.24, 2.45) is 5.92 Å². The van der Waals surface area contributed by atoms with E-state index < -0.39 is 0 Å². The number of ether oxygens (including phenoxy) is 4. The van der Waals surface area contributed by atoms with Crippen LogP contribution in [0.2, 0.25) is 0 Å². The van der Waals surface area contributed by atoms with Crippen molar-refractivity contribution in [2.75, 3.05) is 13.2 Å². The molecule has 0 spiro atoms. The van der Waals surface area contributed by atoms with E-state index in [0.29, 0.717) is 54.1 Å². The first-order chi connectivity index (χ1) is 14.5. The predicted octanol–water partition coefficient (Wildman–Crippen LogP) is 4.51. The van der Waals surface area contributed by atoms with Gasteiger partial charge in [0.2, 0.25) is 5.78 Å². The van der Waals surface area contributed by atoms with Gasteiger partial charge in [-0.25, -0.2) is 0 Å². The van der Waals surface area contributed by atoms with E-state index in [1.54, 1.807) is 18.2 Å². The molecule has 0 radical (unpaired) electrons. The van der Waals surface area contributed by atoms with Gasteiger partial charge in [-0.3, -0.25) is 9.59 Å². The third-order valence-corrected chi connectivity index (χ3v) is 5.50. The average Bonchev–Trinajstić information content (AvgIpc) is 3.02. The van der Waals surface area contributed by atoms with Crippen LogP contribution in [0, 0.1) is 5.92 Å². The number of rotatable bonds is 3. The molecule has 0 amide bonds. The molecule has 2 aromatic rings. The van der Waals surface area contributed by atoms with Crippen molar-refractivity contribution >= 4 is 17.8 Å². The van der Waals surface area contributed by atoms with E-state index in [0.717, 1.165) is 17.5 Å². The monoisotopic (exact) mass is 406 g/mol. The molecule has 3 aliphatic heterocycles. The predicted molar refractivity (Wildman–Crippen MR) is 109 cm³/mol. The molecule has 0 bridgehead atoms. The third-order valence-electron chi connectivity index (χ3n) is 5.50. The van der Waals surface area contributed by atoms with Gasteiger partial charge in [0.1, 0.15) is 24.7 Å². The first-order valence-electron chi connectivity index (χ1n) is 10.2. The fraction of sp³-hybridized carbons (Fsp3) is 0.333. The number of benzene rings is 2. The molecule has 0 fully saturated rings. The molecule has 3 aliphatic rings. The number of esters is 1. The average molecular weight is 406 g/mol. The number of allylic oxidation sites excluding steroid dienone is 1. The summed E-state index contributed by atoms with van der Waals surface area (Å²) in [7, 11) is 0. The molecule has 0 saturated carbocycles. The smallest absolute Gasteiger partial charge is 0.311 e. The highest BCUT2D eigenvalue weighted by Gasteiger charge is 2.38. The molecule has 6 nitrogen and oxygen atoms in total. The molecule has 0 N–H and O–H groups in total. The van der Waals surface area contributed by atoms with Crippen LogP contribution >= 0.6 is 0 Å². The number of Topliss-reactive ketones (excluding diaryl/α,β-unsaturated/α-hetero) is 1. The van der Waals surface area contributed by atoms with E-state index in [-0.39, 0.29) is 23.4 Å². The van der Waals surface area contributed by atoms with Crippen LogP contribution in [-0.2, 0) is 4.79 Å². The molecule has 0 saturated heterocycles. The molecule has 5 rings (SSSR count). The maximum Gasteiger partial charge on any atom is 0.311 e. The van der Waals surface area contributed by atoms with Gasteiger partial charge in [-0.1, -0.05) is 19.9 Å². The lowest BCUT2D eigenvalue weighted by Gasteiger charge is -2.27. The quantitative estimate of drug-likeness (QED) is 0.424. The number of carbonyl (C=O) groups excluding carboxylic acids is 2. The summed E-state index contributed by atoms with van der Waals surface area (Å²) in [6.45, 7) is 5.25. The first-order valence-corrected chi connectivity index (χ1v) is 10.2. The Labute approximate surface area is 174 Å². The van der Waals surface area contributed by atoms with Crippen molar-refractivity contribution in [3.05, 3.63) is 52.8 Å². The van der Waals surface area contributed by atoms with E-state index in [2.05, 4.69) is 13.8 Å². The Hall–Kier alpha value is -3.28. The van der Waals surface area contributed by atoms with Gasteiger partial charge < -0.3 is 18.9 Å². The minimum atomic E-state index is -0.246. The zero-order valence-electron chi connectivity index (χ0n) is 16.9. The highest BCUT2D eigenvalue weighted by atomic mass is 16.6. The highest BCUT2D eigenvalue weighted by Crippen LogP contribution is 2.48. The lowest BCUT2D eigenvalue weighted by molar-refractivity contribution is -0.136. The van der Waals surface area contributed by atoms with E-state index in [1.165, 1.54) is 0 Å². The van der Waals surface area contributed by atoms with Gasteiger partial charge in [0.15, 0.2) is 17.3 Å². The minimum absolute atomic E-state index is 0.0300. The Balaban J connectivity index is 1.52. The first kappa shape index (κ1) is 18.7. The molecular weight excluding hydrogens is 384 g/mol. The van der Waals surface area contributed by atoms with Crippen LogP contribution in [0.15, 0.2) is 36.1 Å². The van der Waals surface area contributed by atoms with Crippen molar-refractivity contribution < 1.29 is 28.5 Å². The molecule has 3 heterocycles. The maximum absolute atomic E-state index is 13.0. The van der Waals surface area contributed by atoms with Gasteiger partial charge in [0.05, 0.1) is 12.0 Å². The number of ketones is 1. The van der Waals surface area contributed by atoms with Crippen LogP contribution in [0.3, 0.4) is 0 Å². The zero-order chi connectivity index (χ0) is 20.8. The molecule has 0 aliphatic carbocycles. The Kier molecular flexibility index (Phi) is 4.50. The largest absolute Gasteiger partial charge is 0.486 e. The molecule has 2 aromatic carbocycles. The van der Waals surface area contributed by atoms with Gasteiger partial charge in [-0.15, -0.1) is 0 Å². The number of hydrogen-bond donors (Lipinski definition) is 0. The molecule has 0 unspecified atom stereocenters. The van der Waals surface area contributed by atoms with Gasteiger partial charge in [0, 0.05) is 11.5 Å². The molecule has 154 valence electrons. The standard InChI is InChI=1S/C24H22O6/c1-13(2)9-15-12-21(25)29-18-6-4-16-23(26)20(30-24(16)22(15)18)11-14-3-5-17-19(10-14)28-8-7-27-17/h3-6,10-11,13,15H,7-9,12H2,1-2H3/b20-11-/t15-/m1/s1. The second-order valence-electron chi connectivity index (χ2n) is 8.20. The molecule has 0 aromatic heterocycles. The van der Waals surface area contributed by atoms with Crippen LogP contribution in [0.5, 0.6) is 23.0 Å². The second-order valence-corrected chi connectivity index (χ2v) is 8.20. The lowest BCUT2D eigenvalue weighted by atomic mass is 9.84. The summed E-state index contributed by atoms with van der Waals surface area (Å²) in [5, 5.41) is 0. The van der Waals surface area contributed by atoms with E-state index in [1.807, 2.05) is 18.2 Å². The van der Waals surface area contributed by atoms with Crippen molar-refractivity contribution in [2.45, 2.75) is 32.6 Å². The zero-order valence-corrected chi connectivity index (χ0v) is 16.9. The second kappa shape index (κ2) is 7.20. The molecule has 30 heavy (non-hydrogen) atoms. The Bertz CT molecular complexity index is 1080. The van der Waals surface area contributed by atoms with E-state index >= 15 is 0 Å². The van der Waals surface area contributed by atoms with Crippen molar-refractivity contribution in [1.82, 2.24) is 0 Å². The van der Waals surface area contributed by atoms with Crippen LogP contribution < -0.4 is 18.9 Å². The lowest BCUT2D eigenvalue weighted by Crippen LogP contribution is -2.21. The summed E-state index contributed by atoms with van der Waals surface area (Å²) in [5.74, 6) is 2.54. The number of hydrogen-bond acceptors (Lipinski definition) is 6. The van der Waals surface area contributed by atoms with Crippen LogP contribution in [-0.4, -0.2) is 25.0 Å². The highest BCUT2D eigenvalue weighted by molar-refractivity contribution is 6.15. The normalized spacial score (nSPS) is 20.6. The summed E-state index contributed by atoms with van der Waals surface area (Å²) in [6.07, 6.45) is 2.82. The minimum Gasteiger partial charge on any atom is -0.486 e. The molecular formula is C24H22O6. The number of fused-ring (bicyclic) bond motifs is 4. The van der Waals surface area contributed by atoms with E-state index in [4.69, 9.17) is 18.9 Å². The third kappa shape index (κ3) is 3.22. The fourth-order valence-electron chi connectivity index (χ4n) is 4.27. The Morgan fingerprint density at radius 2 is 1.77 bits per heavy atom. The summed E-state index contributed by atoms with van der Waals surface area (Å²) < 4.78 is 22.7. The summed E-state index contributed by atoms with van der Waals surface area (Å²) >= 11 is 0. The van der Waals surface area contributed by atoms with E-state index in [9.17, 15) is 9.59 Å². The topological polar surface area (TPSA) is 71.1 Å². The molecule has 1 atom stereocenters. The van der Waals surface area contributed by atoms with Crippen LogP contribution in [0.25, 0.3) is 6.08 Å². The summed E-state index contributed by atoms with van der Waals surface area (Å²) in [5.41, 5.74) is 2.11. The molecule has 6 heteroatoms. The van der Waals surface area contributed by atoms with Gasteiger partial charge in [-0.2, -0.15) is 0 Å². The van der Waals surface area contributed by atoms with Crippen LogP contribution in [0.1, 0.15) is 54.1 Å².